The van der Waals surface area contributed by atoms with Crippen LogP contribution in [0.3, 0.4) is 0 Å². The summed E-state index contributed by atoms with van der Waals surface area (Å²) in [4.78, 5) is 13.3. The van der Waals surface area contributed by atoms with Gasteiger partial charge in [0.25, 0.3) is 0 Å². The van der Waals surface area contributed by atoms with Gasteiger partial charge in [-0.3, -0.25) is 4.79 Å². The number of nitrogens with two attached hydrogens (primary N) is 1. The lowest BCUT2D eigenvalue weighted by atomic mass is 10.1. The fraction of sp³-hybridized carbons (Fsp3) is 0.138. The molecule has 0 aliphatic heterocycles. The molecule has 190 valence electrons. The summed E-state index contributed by atoms with van der Waals surface area (Å²) < 4.78 is 34.5. The van der Waals surface area contributed by atoms with Crippen LogP contribution in [-0.4, -0.2) is 14.3 Å². The van der Waals surface area contributed by atoms with Crippen LogP contribution in [0.25, 0.3) is 0 Å². The van der Waals surface area contributed by atoms with Crippen molar-refractivity contribution in [3.63, 3.8) is 0 Å². The summed E-state index contributed by atoms with van der Waals surface area (Å²) in [5.41, 5.74) is 9.22. The molecule has 0 saturated carbocycles. The molecule has 37 heavy (non-hydrogen) atoms. The number of anilines is 1. The van der Waals surface area contributed by atoms with Crippen molar-refractivity contribution in [2.75, 3.05) is 5.32 Å². The molecule has 0 aromatic heterocycles. The summed E-state index contributed by atoms with van der Waals surface area (Å²) >= 11 is 0. The number of benzene rings is 4. The minimum atomic E-state index is -3.85. The van der Waals surface area contributed by atoms with Gasteiger partial charge in [-0.25, -0.2) is 8.42 Å². The molecule has 4 aromatic rings. The standard InChI is InChI=1S/C29H29N3O4S/c30-19-24-12-7-13-26(18-24)31-29(33)28(32-37(34,35)21-23-10-5-2-6-11-23)25-14-16-27(17-15-25)36-20-22-8-3-1-4-9-22/h1-18,28,32H,19-21,30H2,(H,31,33)/t28-/m1/s1. The first kappa shape index (κ1) is 26.1. The Labute approximate surface area is 217 Å². The van der Waals surface area contributed by atoms with Crippen LogP contribution in [0.4, 0.5) is 5.69 Å². The molecule has 0 radical (unpaired) electrons. The van der Waals surface area contributed by atoms with Crippen molar-refractivity contribution in [3.8, 4) is 5.75 Å². The van der Waals surface area contributed by atoms with Gasteiger partial charge in [0.05, 0.1) is 5.75 Å². The highest BCUT2D eigenvalue weighted by Crippen LogP contribution is 2.22. The molecule has 7 nitrogen and oxygen atoms in total. The largest absolute Gasteiger partial charge is 0.489 e. The Bertz CT molecular complexity index is 1410. The van der Waals surface area contributed by atoms with Gasteiger partial charge >= 0.3 is 0 Å². The van der Waals surface area contributed by atoms with Crippen molar-refractivity contribution in [2.24, 2.45) is 5.73 Å². The highest BCUT2D eigenvalue weighted by Gasteiger charge is 2.27. The average Bonchev–Trinajstić information content (AvgIpc) is 2.92. The van der Waals surface area contributed by atoms with Crippen molar-refractivity contribution >= 4 is 21.6 Å². The van der Waals surface area contributed by atoms with Gasteiger partial charge in [-0.05, 0) is 46.5 Å². The normalized spacial score (nSPS) is 12.0. The number of carbonyl (C=O) groups excluding carboxylic acids is 1. The molecule has 8 heteroatoms. The zero-order valence-electron chi connectivity index (χ0n) is 20.2. The van der Waals surface area contributed by atoms with E-state index in [-0.39, 0.29) is 5.75 Å². The Hall–Kier alpha value is -3.98. The van der Waals surface area contributed by atoms with E-state index in [0.717, 1.165) is 11.1 Å². The van der Waals surface area contributed by atoms with Gasteiger partial charge in [0.15, 0.2) is 0 Å². The van der Waals surface area contributed by atoms with Crippen molar-refractivity contribution in [3.05, 3.63) is 131 Å². The zero-order chi connectivity index (χ0) is 26.1. The number of sulfonamides is 1. The predicted molar refractivity (Wildman–Crippen MR) is 145 cm³/mol. The molecule has 4 N–H and O–H groups in total. The second-order valence-corrected chi connectivity index (χ2v) is 10.3. The first-order chi connectivity index (χ1) is 17.9. The zero-order valence-corrected chi connectivity index (χ0v) is 21.0. The molecular weight excluding hydrogens is 486 g/mol. The molecule has 1 atom stereocenters. The third-order valence-electron chi connectivity index (χ3n) is 5.65. The van der Waals surface area contributed by atoms with E-state index in [1.807, 2.05) is 42.5 Å². The molecule has 0 aliphatic carbocycles. The van der Waals surface area contributed by atoms with E-state index in [4.69, 9.17) is 10.5 Å². The van der Waals surface area contributed by atoms with E-state index < -0.39 is 22.0 Å². The fourth-order valence-electron chi connectivity index (χ4n) is 3.78. The summed E-state index contributed by atoms with van der Waals surface area (Å²) in [5, 5.41) is 2.81. The van der Waals surface area contributed by atoms with Crippen LogP contribution in [0.5, 0.6) is 5.75 Å². The van der Waals surface area contributed by atoms with Gasteiger partial charge < -0.3 is 15.8 Å². The molecule has 0 fully saturated rings. The third-order valence-corrected chi connectivity index (χ3v) is 6.96. The monoisotopic (exact) mass is 515 g/mol. The summed E-state index contributed by atoms with van der Waals surface area (Å²) in [7, 11) is -3.85. The minimum Gasteiger partial charge on any atom is -0.489 e. The van der Waals surface area contributed by atoms with Crippen LogP contribution in [-0.2, 0) is 33.7 Å². The second kappa shape index (κ2) is 12.3. The van der Waals surface area contributed by atoms with Crippen LogP contribution in [0, 0.1) is 0 Å². The van der Waals surface area contributed by atoms with Crippen LogP contribution in [0.2, 0.25) is 0 Å². The fourth-order valence-corrected chi connectivity index (χ4v) is 5.09. The summed E-state index contributed by atoms with van der Waals surface area (Å²) in [6, 6.07) is 31.4. The Morgan fingerprint density at radius 2 is 1.41 bits per heavy atom. The van der Waals surface area contributed by atoms with Crippen LogP contribution in [0.15, 0.2) is 109 Å². The maximum absolute atomic E-state index is 13.3. The minimum absolute atomic E-state index is 0.251. The van der Waals surface area contributed by atoms with E-state index in [9.17, 15) is 13.2 Å². The third kappa shape index (κ3) is 7.75. The Balaban J connectivity index is 1.54. The number of amides is 1. The highest BCUT2D eigenvalue weighted by atomic mass is 32.2. The van der Waals surface area contributed by atoms with Gasteiger partial charge in [0.2, 0.25) is 15.9 Å². The van der Waals surface area contributed by atoms with Crippen LogP contribution >= 0.6 is 0 Å². The first-order valence-electron chi connectivity index (χ1n) is 11.8. The highest BCUT2D eigenvalue weighted by molar-refractivity contribution is 7.88. The van der Waals surface area contributed by atoms with E-state index in [1.54, 1.807) is 66.7 Å². The van der Waals surface area contributed by atoms with Crippen LogP contribution < -0.4 is 20.5 Å². The average molecular weight is 516 g/mol. The van der Waals surface area contributed by atoms with Crippen molar-refractivity contribution in [1.29, 1.82) is 0 Å². The number of nitrogens with one attached hydrogen (secondary N) is 2. The van der Waals surface area contributed by atoms with Crippen molar-refractivity contribution < 1.29 is 17.9 Å². The molecule has 0 bridgehead atoms. The lowest BCUT2D eigenvalue weighted by Gasteiger charge is -2.20. The maximum Gasteiger partial charge on any atom is 0.247 e. The van der Waals surface area contributed by atoms with E-state index in [2.05, 4.69) is 10.0 Å². The molecule has 4 aromatic carbocycles. The van der Waals surface area contributed by atoms with Gasteiger partial charge in [-0.1, -0.05) is 84.9 Å². The van der Waals surface area contributed by atoms with E-state index in [1.165, 1.54) is 0 Å². The molecule has 0 spiro atoms. The summed E-state index contributed by atoms with van der Waals surface area (Å²) in [6.45, 7) is 0.715. The molecule has 0 saturated heterocycles. The van der Waals surface area contributed by atoms with E-state index >= 15 is 0 Å². The number of hydrogen-bond acceptors (Lipinski definition) is 5. The molecule has 0 heterocycles. The number of hydrogen-bond donors (Lipinski definition) is 3. The number of carbonyl (C=O) groups is 1. The topological polar surface area (TPSA) is 111 Å². The van der Waals surface area contributed by atoms with Gasteiger partial charge in [0, 0.05) is 12.2 Å². The summed E-state index contributed by atoms with van der Waals surface area (Å²) in [6.07, 6.45) is 0. The van der Waals surface area contributed by atoms with Crippen molar-refractivity contribution in [2.45, 2.75) is 24.9 Å². The maximum atomic E-state index is 13.3. The number of rotatable bonds is 11. The SMILES string of the molecule is NCc1cccc(NC(=O)[C@H](NS(=O)(=O)Cc2ccccc2)c2ccc(OCc3ccccc3)cc2)c1. The summed E-state index contributed by atoms with van der Waals surface area (Å²) in [5.74, 6) is -0.156. The second-order valence-electron chi connectivity index (χ2n) is 8.53. The van der Waals surface area contributed by atoms with Crippen LogP contribution in [0.1, 0.15) is 28.3 Å². The molecular formula is C29H29N3O4S. The van der Waals surface area contributed by atoms with E-state index in [0.29, 0.717) is 35.7 Å². The van der Waals surface area contributed by atoms with Gasteiger partial charge in [-0.2, -0.15) is 4.72 Å². The predicted octanol–water partition coefficient (Wildman–Crippen LogP) is 4.52. The number of ether oxygens (including phenoxy) is 1. The molecule has 1 amide bonds. The Morgan fingerprint density at radius 3 is 2.05 bits per heavy atom. The molecule has 0 aliphatic rings. The molecule has 4 rings (SSSR count). The molecule has 0 unspecified atom stereocenters. The Kier molecular flexibility index (Phi) is 8.68. The lowest BCUT2D eigenvalue weighted by molar-refractivity contribution is -0.117. The van der Waals surface area contributed by atoms with Gasteiger partial charge in [0.1, 0.15) is 18.4 Å². The first-order valence-corrected chi connectivity index (χ1v) is 13.5. The lowest BCUT2D eigenvalue weighted by Crippen LogP contribution is -2.37. The van der Waals surface area contributed by atoms with Crippen molar-refractivity contribution in [1.82, 2.24) is 4.72 Å². The quantitative estimate of drug-likeness (QED) is 0.272. The Morgan fingerprint density at radius 1 is 0.784 bits per heavy atom. The smallest absolute Gasteiger partial charge is 0.247 e. The van der Waals surface area contributed by atoms with Gasteiger partial charge in [-0.15, -0.1) is 0 Å².